The van der Waals surface area contributed by atoms with Crippen LogP contribution in [0.3, 0.4) is 0 Å². The van der Waals surface area contributed by atoms with Gasteiger partial charge in [-0.25, -0.2) is 0 Å². The molecule has 0 aliphatic heterocycles. The van der Waals surface area contributed by atoms with E-state index in [0.29, 0.717) is 11.8 Å². The van der Waals surface area contributed by atoms with Crippen LogP contribution < -0.4 is 9.80 Å². The highest BCUT2D eigenvalue weighted by molar-refractivity contribution is 5.86. The minimum absolute atomic E-state index is 0.0300. The van der Waals surface area contributed by atoms with Crippen molar-refractivity contribution in [2.45, 2.75) is 44.4 Å². The number of hydrogen-bond donors (Lipinski definition) is 0. The number of rotatable bonds is 8. The zero-order valence-electron chi connectivity index (χ0n) is 33.7. The molecule has 7 aromatic rings. The van der Waals surface area contributed by atoms with Crippen LogP contribution in [0.5, 0.6) is 0 Å². The summed E-state index contributed by atoms with van der Waals surface area (Å²) < 4.78 is 0. The smallest absolute Gasteiger partial charge is 0.0465 e. The maximum Gasteiger partial charge on any atom is 0.0465 e. The molecule has 10 rings (SSSR count). The van der Waals surface area contributed by atoms with Crippen LogP contribution in [0.1, 0.15) is 61.4 Å². The van der Waals surface area contributed by atoms with Crippen LogP contribution in [0, 0.1) is 5.92 Å². The van der Waals surface area contributed by atoms with E-state index in [2.05, 4.69) is 244 Å². The Morgan fingerprint density at radius 3 is 1.45 bits per heavy atom. The maximum atomic E-state index is 2.52. The van der Waals surface area contributed by atoms with Crippen molar-refractivity contribution >= 4 is 40.2 Å². The summed E-state index contributed by atoms with van der Waals surface area (Å²) in [7, 11) is 0. The molecule has 2 unspecified atom stereocenters. The van der Waals surface area contributed by atoms with Crippen molar-refractivity contribution in [3.05, 3.63) is 234 Å². The molecule has 282 valence electrons. The first kappa shape index (κ1) is 35.8. The monoisotopic (exact) mass is 748 g/mol. The molecule has 0 spiro atoms. The van der Waals surface area contributed by atoms with E-state index in [4.69, 9.17) is 0 Å². The lowest BCUT2D eigenvalue weighted by molar-refractivity contribution is 0.393. The number of para-hydroxylation sites is 4. The maximum absolute atomic E-state index is 2.52. The second-order valence-electron chi connectivity index (χ2n) is 17.1. The standard InChI is InChI=1S/C56H48N2/c1-55(2)51-35-39(27-31-47(51)49-33-29-45(37-53(49)55)57(41-17-9-5-10-18-41)42-19-11-6-12-20-42)25-26-40-28-32-48-50-34-30-46(38-54(50)56(3,4)52(48)36-40)58(43-21-13-7-14-22-43)44-23-15-8-16-24-44/h5-38,47,51H,1-4H3/b26-25+. The molecular weight excluding hydrogens is 701 g/mol. The summed E-state index contributed by atoms with van der Waals surface area (Å²) in [6.07, 6.45) is 11.9. The molecule has 3 aliphatic carbocycles. The molecular formula is C56H48N2. The SMILES string of the molecule is CC1(C)c2cc(/C=C/C3=CC4C(C=C3)c3ccc(N(c5ccccc5)c5ccccc5)cc3C4(C)C)ccc2-c2ccc(N(c3ccccc3)c3ccccc3)cc21. The second kappa shape index (κ2) is 14.1. The summed E-state index contributed by atoms with van der Waals surface area (Å²) in [6, 6.07) is 63.9. The fourth-order valence-electron chi connectivity index (χ4n) is 9.86. The largest absolute Gasteiger partial charge is 0.310 e. The second-order valence-corrected chi connectivity index (χ2v) is 17.1. The van der Waals surface area contributed by atoms with Crippen molar-refractivity contribution in [1.82, 2.24) is 0 Å². The average Bonchev–Trinajstić information content (AvgIpc) is 3.63. The molecule has 3 aliphatic rings. The van der Waals surface area contributed by atoms with Crippen molar-refractivity contribution in [2.75, 3.05) is 9.80 Å². The quantitative estimate of drug-likeness (QED) is 0.153. The van der Waals surface area contributed by atoms with Gasteiger partial charge >= 0.3 is 0 Å². The molecule has 2 nitrogen and oxygen atoms in total. The van der Waals surface area contributed by atoms with Crippen LogP contribution in [-0.2, 0) is 10.8 Å². The zero-order valence-corrected chi connectivity index (χ0v) is 33.7. The van der Waals surface area contributed by atoms with Gasteiger partial charge in [0.2, 0.25) is 0 Å². The Bertz CT molecular complexity index is 2640. The van der Waals surface area contributed by atoms with E-state index in [9.17, 15) is 0 Å². The van der Waals surface area contributed by atoms with E-state index in [0.717, 1.165) is 22.7 Å². The van der Waals surface area contributed by atoms with E-state index >= 15 is 0 Å². The topological polar surface area (TPSA) is 6.48 Å². The molecule has 0 heterocycles. The summed E-state index contributed by atoms with van der Waals surface area (Å²) >= 11 is 0. The average molecular weight is 749 g/mol. The van der Waals surface area contributed by atoms with Gasteiger partial charge in [0.05, 0.1) is 0 Å². The summed E-state index contributed by atoms with van der Waals surface area (Å²) in [6.45, 7) is 9.61. The summed E-state index contributed by atoms with van der Waals surface area (Å²) in [5.41, 5.74) is 17.6. The van der Waals surface area contributed by atoms with E-state index in [1.807, 2.05) is 0 Å². The van der Waals surface area contributed by atoms with Crippen molar-refractivity contribution in [3.8, 4) is 11.1 Å². The highest BCUT2D eigenvalue weighted by Crippen LogP contribution is 2.55. The van der Waals surface area contributed by atoms with Gasteiger partial charge in [-0.3, -0.25) is 0 Å². The first-order valence-corrected chi connectivity index (χ1v) is 20.6. The number of hydrogen-bond acceptors (Lipinski definition) is 2. The molecule has 0 N–H and O–H groups in total. The van der Waals surface area contributed by atoms with E-state index < -0.39 is 0 Å². The molecule has 0 amide bonds. The fourth-order valence-corrected chi connectivity index (χ4v) is 9.86. The molecule has 7 aromatic carbocycles. The van der Waals surface area contributed by atoms with Gasteiger partial charge in [-0.2, -0.15) is 0 Å². The first-order valence-electron chi connectivity index (χ1n) is 20.6. The lowest BCUT2D eigenvalue weighted by Gasteiger charge is -2.31. The van der Waals surface area contributed by atoms with Gasteiger partial charge in [-0.1, -0.05) is 161 Å². The highest BCUT2D eigenvalue weighted by Gasteiger charge is 2.45. The molecule has 0 bridgehead atoms. The third-order valence-electron chi connectivity index (χ3n) is 12.9. The van der Waals surface area contributed by atoms with Crippen LogP contribution in [0.15, 0.2) is 206 Å². The van der Waals surface area contributed by atoms with E-state index in [1.54, 1.807) is 0 Å². The Labute approximate surface area is 343 Å². The third-order valence-corrected chi connectivity index (χ3v) is 12.9. The predicted octanol–water partition coefficient (Wildman–Crippen LogP) is 15.1. The van der Waals surface area contributed by atoms with Gasteiger partial charge in [0.25, 0.3) is 0 Å². The molecule has 0 saturated carbocycles. The molecule has 0 radical (unpaired) electrons. The Kier molecular flexibility index (Phi) is 8.68. The van der Waals surface area contributed by atoms with Crippen molar-refractivity contribution in [1.29, 1.82) is 0 Å². The van der Waals surface area contributed by atoms with Crippen LogP contribution in [-0.4, -0.2) is 0 Å². The number of anilines is 6. The van der Waals surface area contributed by atoms with Crippen LogP contribution in [0.25, 0.3) is 17.2 Å². The molecule has 58 heavy (non-hydrogen) atoms. The van der Waals surface area contributed by atoms with Gasteiger partial charge < -0.3 is 9.80 Å². The Balaban J connectivity index is 0.926. The van der Waals surface area contributed by atoms with Crippen molar-refractivity contribution < 1.29 is 0 Å². The molecule has 2 heteroatoms. The van der Waals surface area contributed by atoms with Crippen molar-refractivity contribution in [2.24, 2.45) is 5.92 Å². The van der Waals surface area contributed by atoms with E-state index in [-0.39, 0.29) is 10.8 Å². The van der Waals surface area contributed by atoms with Crippen LogP contribution >= 0.6 is 0 Å². The Morgan fingerprint density at radius 2 is 0.914 bits per heavy atom. The number of fused-ring (bicyclic) bond motifs is 6. The van der Waals surface area contributed by atoms with Gasteiger partial charge in [-0.05, 0) is 129 Å². The van der Waals surface area contributed by atoms with Crippen LogP contribution in [0.4, 0.5) is 34.1 Å². The first-order chi connectivity index (χ1) is 28.3. The van der Waals surface area contributed by atoms with Gasteiger partial charge in [-0.15, -0.1) is 0 Å². The predicted molar refractivity (Wildman–Crippen MR) is 245 cm³/mol. The Hall–Kier alpha value is -6.64. The minimum atomic E-state index is -0.143. The summed E-state index contributed by atoms with van der Waals surface area (Å²) in [5.74, 6) is 0.736. The third kappa shape index (κ3) is 6.03. The van der Waals surface area contributed by atoms with Gasteiger partial charge in [0.1, 0.15) is 0 Å². The molecule has 2 atom stereocenters. The van der Waals surface area contributed by atoms with Crippen LogP contribution in [0.2, 0.25) is 0 Å². The van der Waals surface area contributed by atoms with Crippen molar-refractivity contribution in [3.63, 3.8) is 0 Å². The lowest BCUT2D eigenvalue weighted by Crippen LogP contribution is -2.25. The number of nitrogens with zero attached hydrogens (tertiary/aromatic N) is 2. The molecule has 0 aromatic heterocycles. The lowest BCUT2D eigenvalue weighted by atomic mass is 9.73. The highest BCUT2D eigenvalue weighted by atomic mass is 15.1. The minimum Gasteiger partial charge on any atom is -0.310 e. The molecule has 0 fully saturated rings. The number of allylic oxidation sites excluding steroid dienone is 5. The van der Waals surface area contributed by atoms with Gasteiger partial charge in [0.15, 0.2) is 0 Å². The molecule has 0 saturated heterocycles. The van der Waals surface area contributed by atoms with Gasteiger partial charge in [0, 0.05) is 45.5 Å². The Morgan fingerprint density at radius 1 is 0.448 bits per heavy atom. The fraction of sp³-hybridized carbons (Fsp3) is 0.143. The normalized spacial score (nSPS) is 17.9. The summed E-state index contributed by atoms with van der Waals surface area (Å²) in [4.78, 5) is 4.73. The van der Waals surface area contributed by atoms with E-state index in [1.165, 1.54) is 55.9 Å². The number of benzene rings is 7. The zero-order chi connectivity index (χ0) is 39.4. The summed E-state index contributed by atoms with van der Waals surface area (Å²) in [5, 5.41) is 0.